The van der Waals surface area contributed by atoms with Crippen molar-refractivity contribution in [3.63, 3.8) is 0 Å². The van der Waals surface area contributed by atoms with Crippen LogP contribution in [0.4, 0.5) is 0 Å². The van der Waals surface area contributed by atoms with Gasteiger partial charge in [0.15, 0.2) is 5.56 Å². The highest BCUT2D eigenvalue weighted by molar-refractivity contribution is 5.97. The molecular formula is C21H27N5O5. The molecule has 0 aromatic carbocycles. The lowest BCUT2D eigenvalue weighted by Gasteiger charge is -2.37. The van der Waals surface area contributed by atoms with E-state index < -0.39 is 17.3 Å². The number of carbonyl (C=O) groups is 2. The molecule has 2 aromatic heterocycles. The van der Waals surface area contributed by atoms with Crippen LogP contribution in [-0.4, -0.2) is 68.3 Å². The summed E-state index contributed by atoms with van der Waals surface area (Å²) in [5, 5.41) is 17.6. The minimum Gasteiger partial charge on any atom is -0.492 e. The summed E-state index contributed by atoms with van der Waals surface area (Å²) in [6.45, 7) is 5.30. The normalized spacial score (nSPS) is 17.0. The number of ether oxygens (including phenoxy) is 1. The predicted molar refractivity (Wildman–Crippen MR) is 113 cm³/mol. The van der Waals surface area contributed by atoms with Gasteiger partial charge in [-0.2, -0.15) is 9.61 Å². The summed E-state index contributed by atoms with van der Waals surface area (Å²) in [5.41, 5.74) is -0.0640. The summed E-state index contributed by atoms with van der Waals surface area (Å²) >= 11 is 0. The second kappa shape index (κ2) is 8.18. The van der Waals surface area contributed by atoms with Gasteiger partial charge in [-0.05, 0) is 24.8 Å². The first-order valence-corrected chi connectivity index (χ1v) is 10.4. The Morgan fingerprint density at radius 1 is 1.35 bits per heavy atom. The molecular weight excluding hydrogens is 402 g/mol. The first-order chi connectivity index (χ1) is 14.8. The van der Waals surface area contributed by atoms with Crippen molar-refractivity contribution >= 4 is 23.5 Å². The summed E-state index contributed by atoms with van der Waals surface area (Å²) in [7, 11) is 1.61. The molecule has 0 unspecified atom stereocenters. The quantitative estimate of drug-likeness (QED) is 0.623. The molecule has 10 heteroatoms. The third-order valence-corrected chi connectivity index (χ3v) is 5.50. The van der Waals surface area contributed by atoms with E-state index in [-0.39, 0.29) is 29.5 Å². The lowest BCUT2D eigenvalue weighted by Crippen LogP contribution is -2.53. The van der Waals surface area contributed by atoms with E-state index in [1.54, 1.807) is 18.1 Å². The second-order valence-corrected chi connectivity index (χ2v) is 8.53. The van der Waals surface area contributed by atoms with Gasteiger partial charge in [-0.25, -0.2) is 0 Å². The van der Waals surface area contributed by atoms with E-state index in [0.29, 0.717) is 30.8 Å². The summed E-state index contributed by atoms with van der Waals surface area (Å²) in [6, 6.07) is 0.0434. The van der Waals surface area contributed by atoms with Crippen LogP contribution in [0.1, 0.15) is 42.6 Å². The largest absolute Gasteiger partial charge is 0.492 e. The number of hydrogen-bond acceptors (Lipinski definition) is 6. The van der Waals surface area contributed by atoms with Gasteiger partial charge < -0.3 is 20.1 Å². The maximum atomic E-state index is 13.2. The van der Waals surface area contributed by atoms with Gasteiger partial charge in [0.2, 0.25) is 11.8 Å². The Morgan fingerprint density at radius 2 is 2.06 bits per heavy atom. The number of aromatic nitrogens is 3. The van der Waals surface area contributed by atoms with Gasteiger partial charge in [0.05, 0.1) is 12.3 Å². The number of amides is 2. The second-order valence-electron chi connectivity index (χ2n) is 8.53. The van der Waals surface area contributed by atoms with Crippen LogP contribution in [-0.2, 0) is 16.1 Å². The van der Waals surface area contributed by atoms with Crippen molar-refractivity contribution in [2.24, 2.45) is 5.92 Å². The number of methoxy groups -OCH3 is 1. The summed E-state index contributed by atoms with van der Waals surface area (Å²) in [4.78, 5) is 39.8. The molecule has 2 N–H and O–H groups in total. The highest BCUT2D eigenvalue weighted by atomic mass is 16.5. The molecule has 0 radical (unpaired) electrons. The number of carbonyl (C=O) groups excluding carboxylic acids is 2. The number of aromatic hydroxyl groups is 1. The molecule has 2 fully saturated rings. The average Bonchev–Trinajstić information content (AvgIpc) is 3.38. The molecule has 2 aliphatic rings. The van der Waals surface area contributed by atoms with Crippen molar-refractivity contribution in [2.75, 3.05) is 20.2 Å². The Balaban J connectivity index is 1.72. The maximum Gasteiger partial charge on any atom is 0.270 e. The van der Waals surface area contributed by atoms with Crippen LogP contribution in [0.15, 0.2) is 17.1 Å². The highest BCUT2D eigenvalue weighted by Gasteiger charge is 2.31. The lowest BCUT2D eigenvalue weighted by atomic mass is 10.1. The molecule has 10 nitrogen and oxygen atoms in total. The minimum atomic E-state index is -0.599. The number of rotatable bonds is 7. The van der Waals surface area contributed by atoms with Gasteiger partial charge in [-0.1, -0.05) is 13.8 Å². The van der Waals surface area contributed by atoms with Crippen LogP contribution in [0, 0.1) is 5.92 Å². The molecule has 4 rings (SSSR count). The van der Waals surface area contributed by atoms with Crippen molar-refractivity contribution in [3.05, 3.63) is 33.8 Å². The summed E-state index contributed by atoms with van der Waals surface area (Å²) in [5.74, 6) is -1.17. The Bertz CT molecular complexity index is 1110. The molecule has 0 spiro atoms. The summed E-state index contributed by atoms with van der Waals surface area (Å²) < 4.78 is 7.80. The average molecular weight is 429 g/mol. The van der Waals surface area contributed by atoms with Gasteiger partial charge in [0, 0.05) is 44.4 Å². The molecule has 31 heavy (non-hydrogen) atoms. The first-order valence-electron chi connectivity index (χ1n) is 10.4. The first kappa shape index (κ1) is 21.1. The molecule has 166 valence electrons. The molecule has 0 bridgehead atoms. The van der Waals surface area contributed by atoms with Crippen LogP contribution in [0.5, 0.6) is 5.88 Å². The van der Waals surface area contributed by atoms with E-state index in [9.17, 15) is 19.5 Å². The Labute approximate surface area is 179 Å². The van der Waals surface area contributed by atoms with Gasteiger partial charge in [-0.15, -0.1) is 0 Å². The van der Waals surface area contributed by atoms with Crippen molar-refractivity contribution in [1.82, 2.24) is 24.4 Å². The number of fused-ring (bicyclic) bond motifs is 1. The Morgan fingerprint density at radius 3 is 2.68 bits per heavy atom. The monoisotopic (exact) mass is 429 g/mol. The molecule has 0 atom stereocenters. The summed E-state index contributed by atoms with van der Waals surface area (Å²) in [6.07, 6.45) is 6.24. The number of likely N-dealkylation sites (tertiary alicyclic amines) is 1. The molecule has 3 heterocycles. The van der Waals surface area contributed by atoms with Crippen molar-refractivity contribution in [2.45, 2.75) is 45.4 Å². The molecule has 1 aliphatic carbocycles. The fourth-order valence-electron chi connectivity index (χ4n) is 3.58. The van der Waals surface area contributed by atoms with Crippen LogP contribution in [0.2, 0.25) is 0 Å². The van der Waals surface area contributed by atoms with E-state index >= 15 is 0 Å². The molecule has 1 aliphatic heterocycles. The van der Waals surface area contributed by atoms with Crippen molar-refractivity contribution in [3.8, 4) is 5.88 Å². The topological polar surface area (TPSA) is 118 Å². The third kappa shape index (κ3) is 4.07. The minimum absolute atomic E-state index is 0.0434. The maximum absolute atomic E-state index is 13.2. The van der Waals surface area contributed by atoms with Crippen LogP contribution < -0.4 is 10.9 Å². The Kier molecular flexibility index (Phi) is 5.57. The zero-order valence-electron chi connectivity index (χ0n) is 17.9. The fraction of sp³-hybridized carbons (Fsp3) is 0.524. The lowest BCUT2D eigenvalue weighted by molar-refractivity contribution is -0.137. The van der Waals surface area contributed by atoms with Crippen molar-refractivity contribution < 1.29 is 19.4 Å². The smallest absolute Gasteiger partial charge is 0.270 e. The molecule has 1 saturated carbocycles. The molecule has 2 amide bonds. The zero-order chi connectivity index (χ0) is 22.3. The van der Waals surface area contributed by atoms with Crippen LogP contribution >= 0.6 is 0 Å². The molecule has 2 aromatic rings. The number of nitrogens with one attached hydrogen (secondary N) is 1. The van der Waals surface area contributed by atoms with Gasteiger partial charge in [-0.3, -0.25) is 19.0 Å². The van der Waals surface area contributed by atoms with E-state index in [4.69, 9.17) is 4.74 Å². The van der Waals surface area contributed by atoms with E-state index in [2.05, 4.69) is 10.4 Å². The van der Waals surface area contributed by atoms with Crippen LogP contribution in [0.3, 0.4) is 0 Å². The SMILES string of the molecule is COC1CN(C(=O)/C=C/c2cnn3c(O)c(C(=O)NC4CC4)c(=O)n(CC(C)C)c23)C1. The van der Waals surface area contributed by atoms with E-state index in [1.165, 1.54) is 21.4 Å². The molecule has 1 saturated heterocycles. The zero-order valence-corrected chi connectivity index (χ0v) is 17.9. The highest BCUT2D eigenvalue weighted by Crippen LogP contribution is 2.23. The standard InChI is InChI=1S/C21H27N5O5/c1-12(2)9-25-19-13(4-7-16(27)24-10-15(11-24)31-3)8-22-26(19)21(30)17(20(25)29)18(28)23-14-5-6-14/h4,7-8,12,14-15,30H,5-6,9-11H2,1-3H3,(H,23,28)/b7-4+. The number of hydrogen-bond donors (Lipinski definition) is 2. The van der Waals surface area contributed by atoms with Crippen molar-refractivity contribution in [1.29, 1.82) is 0 Å². The Hall–Kier alpha value is -3.14. The van der Waals surface area contributed by atoms with Gasteiger partial charge >= 0.3 is 0 Å². The van der Waals surface area contributed by atoms with E-state index in [1.807, 2.05) is 13.8 Å². The van der Waals surface area contributed by atoms with E-state index in [0.717, 1.165) is 12.8 Å². The predicted octanol–water partition coefficient (Wildman–Crippen LogP) is 0.620. The fourth-order valence-corrected chi connectivity index (χ4v) is 3.58. The van der Waals surface area contributed by atoms with Gasteiger partial charge in [0.1, 0.15) is 5.65 Å². The third-order valence-electron chi connectivity index (χ3n) is 5.50. The van der Waals surface area contributed by atoms with Crippen LogP contribution in [0.25, 0.3) is 11.7 Å². The van der Waals surface area contributed by atoms with Gasteiger partial charge in [0.25, 0.3) is 11.5 Å². The number of nitrogens with zero attached hydrogens (tertiary/aromatic N) is 4.